The van der Waals surface area contributed by atoms with Gasteiger partial charge in [-0.15, -0.1) is 0 Å². The Kier molecular flexibility index (Phi) is 4.48. The second-order valence-corrected chi connectivity index (χ2v) is 7.05. The van der Waals surface area contributed by atoms with Crippen LogP contribution in [0.25, 0.3) is 0 Å². The molecule has 0 radical (unpaired) electrons. The lowest BCUT2D eigenvalue weighted by Crippen LogP contribution is -2.32. The monoisotopic (exact) mass is 388 g/mol. The van der Waals surface area contributed by atoms with E-state index < -0.39 is 0 Å². The first-order valence-electron chi connectivity index (χ1n) is 9.58. The number of carbonyl (C=O) groups excluding carboxylic acids is 1. The third-order valence-electron chi connectivity index (χ3n) is 5.18. The third-order valence-corrected chi connectivity index (χ3v) is 5.18. The Morgan fingerprint density at radius 1 is 1.07 bits per heavy atom. The van der Waals surface area contributed by atoms with Crippen LogP contribution in [-0.2, 0) is 19.5 Å². The molecular formula is C22H20N4O3. The Hall–Kier alpha value is -3.61. The topological polar surface area (TPSA) is 76.6 Å². The second kappa shape index (κ2) is 7.43. The van der Waals surface area contributed by atoms with Gasteiger partial charge in [0.2, 0.25) is 12.7 Å². The number of fused-ring (bicyclic) bond motifs is 2. The molecule has 1 N–H and O–H groups in total. The summed E-state index contributed by atoms with van der Waals surface area (Å²) in [6, 6.07) is 15.7. The summed E-state index contributed by atoms with van der Waals surface area (Å²) in [5.41, 5.74) is 3.93. The van der Waals surface area contributed by atoms with Crippen LogP contribution >= 0.6 is 0 Å². The van der Waals surface area contributed by atoms with Crippen molar-refractivity contribution >= 4 is 11.9 Å². The van der Waals surface area contributed by atoms with Crippen LogP contribution in [0.15, 0.2) is 54.7 Å². The van der Waals surface area contributed by atoms with Crippen molar-refractivity contribution in [2.24, 2.45) is 0 Å². The largest absolute Gasteiger partial charge is 0.454 e. The van der Waals surface area contributed by atoms with Gasteiger partial charge < -0.3 is 19.7 Å². The maximum Gasteiger partial charge on any atom is 0.270 e. The number of ether oxygens (including phenoxy) is 2. The number of nitrogens with one attached hydrogen (secondary N) is 1. The van der Waals surface area contributed by atoms with E-state index >= 15 is 0 Å². The van der Waals surface area contributed by atoms with Crippen molar-refractivity contribution in [3.05, 3.63) is 77.1 Å². The van der Waals surface area contributed by atoms with Crippen LogP contribution in [0.3, 0.4) is 0 Å². The van der Waals surface area contributed by atoms with Crippen LogP contribution in [0.1, 0.15) is 27.2 Å². The minimum atomic E-state index is -0.233. The van der Waals surface area contributed by atoms with Crippen molar-refractivity contribution in [3.8, 4) is 11.5 Å². The van der Waals surface area contributed by atoms with Gasteiger partial charge in [0.1, 0.15) is 5.69 Å². The number of aromatic nitrogens is 2. The highest BCUT2D eigenvalue weighted by Crippen LogP contribution is 2.32. The molecule has 7 nitrogen and oxygen atoms in total. The zero-order valence-corrected chi connectivity index (χ0v) is 15.8. The number of hydrogen-bond acceptors (Lipinski definition) is 6. The highest BCUT2D eigenvalue weighted by atomic mass is 16.7. The Balaban J connectivity index is 1.26. The molecule has 146 valence electrons. The van der Waals surface area contributed by atoms with Crippen LogP contribution in [0, 0.1) is 0 Å². The molecule has 3 aromatic rings. The van der Waals surface area contributed by atoms with Crippen molar-refractivity contribution in [2.45, 2.75) is 19.5 Å². The summed E-state index contributed by atoms with van der Waals surface area (Å²) >= 11 is 0. The van der Waals surface area contributed by atoms with Crippen molar-refractivity contribution in [2.75, 3.05) is 18.2 Å². The first kappa shape index (κ1) is 17.5. The molecule has 0 saturated carbocycles. The van der Waals surface area contributed by atoms with Crippen LogP contribution in [0.5, 0.6) is 11.5 Å². The minimum Gasteiger partial charge on any atom is -0.454 e. The van der Waals surface area contributed by atoms with E-state index in [-0.39, 0.29) is 12.7 Å². The minimum absolute atomic E-state index is 0.232. The van der Waals surface area contributed by atoms with E-state index in [1.54, 1.807) is 12.3 Å². The molecule has 1 amide bonds. The van der Waals surface area contributed by atoms with Gasteiger partial charge in [-0.1, -0.05) is 30.3 Å². The molecule has 7 heteroatoms. The lowest BCUT2D eigenvalue weighted by Gasteiger charge is -2.28. The summed E-state index contributed by atoms with van der Waals surface area (Å²) in [5, 5.41) is 2.91. The summed E-state index contributed by atoms with van der Waals surface area (Å²) < 4.78 is 10.7. The van der Waals surface area contributed by atoms with E-state index in [1.807, 2.05) is 24.3 Å². The molecule has 2 aromatic carbocycles. The number of anilines is 1. The SMILES string of the molecule is O=C(NCc1ccc2c(c1)OCO2)c1ccnc(N2CCc3ccccc3C2)n1. The predicted molar refractivity (Wildman–Crippen MR) is 107 cm³/mol. The molecule has 0 bridgehead atoms. The van der Waals surface area contributed by atoms with Crippen molar-refractivity contribution in [3.63, 3.8) is 0 Å². The summed E-state index contributed by atoms with van der Waals surface area (Å²) in [4.78, 5) is 23.6. The normalized spacial score (nSPS) is 14.4. The molecule has 0 aliphatic carbocycles. The van der Waals surface area contributed by atoms with Crippen LogP contribution in [0.2, 0.25) is 0 Å². The summed E-state index contributed by atoms with van der Waals surface area (Å²) in [5.74, 6) is 1.77. The van der Waals surface area contributed by atoms with E-state index in [9.17, 15) is 4.79 Å². The Morgan fingerprint density at radius 2 is 1.93 bits per heavy atom. The standard InChI is InChI=1S/C22H20N4O3/c27-21(24-12-15-5-6-19-20(11-15)29-14-28-19)18-7-9-23-22(25-18)26-10-8-16-3-1-2-4-17(16)13-26/h1-7,9,11H,8,10,12-14H2,(H,24,27). The summed E-state index contributed by atoms with van der Waals surface area (Å²) in [6.45, 7) is 2.19. The van der Waals surface area contributed by atoms with Crippen LogP contribution in [-0.4, -0.2) is 29.2 Å². The molecule has 0 saturated heterocycles. The fourth-order valence-corrected chi connectivity index (χ4v) is 3.62. The van der Waals surface area contributed by atoms with Gasteiger partial charge in [0.15, 0.2) is 11.5 Å². The molecule has 2 aliphatic heterocycles. The average molecular weight is 388 g/mol. The Bertz CT molecular complexity index is 1070. The molecule has 0 fully saturated rings. The van der Waals surface area contributed by atoms with Gasteiger partial charge in [-0.05, 0) is 41.3 Å². The fraction of sp³-hybridized carbons (Fsp3) is 0.227. The average Bonchev–Trinajstić information content (AvgIpc) is 3.25. The zero-order valence-electron chi connectivity index (χ0n) is 15.8. The molecule has 0 unspecified atom stereocenters. The Morgan fingerprint density at radius 3 is 2.86 bits per heavy atom. The van der Waals surface area contributed by atoms with Crippen molar-refractivity contribution in [1.29, 1.82) is 0 Å². The summed E-state index contributed by atoms with van der Waals surface area (Å²) in [7, 11) is 0. The highest BCUT2D eigenvalue weighted by Gasteiger charge is 2.19. The molecule has 1 aromatic heterocycles. The number of nitrogens with zero attached hydrogens (tertiary/aromatic N) is 3. The number of rotatable bonds is 4. The maximum absolute atomic E-state index is 12.6. The van der Waals surface area contributed by atoms with Crippen LogP contribution < -0.4 is 19.7 Å². The molecule has 2 aliphatic rings. The third kappa shape index (κ3) is 3.59. The molecule has 5 rings (SSSR count). The number of amides is 1. The predicted octanol–water partition coefficient (Wildman–Crippen LogP) is 2.70. The first-order valence-corrected chi connectivity index (χ1v) is 9.58. The molecule has 3 heterocycles. The van der Waals surface area contributed by atoms with Crippen molar-refractivity contribution < 1.29 is 14.3 Å². The van der Waals surface area contributed by atoms with E-state index in [4.69, 9.17) is 9.47 Å². The van der Waals surface area contributed by atoms with E-state index in [0.717, 1.165) is 30.8 Å². The number of benzene rings is 2. The van der Waals surface area contributed by atoms with Crippen LogP contribution in [0.4, 0.5) is 5.95 Å². The lowest BCUT2D eigenvalue weighted by molar-refractivity contribution is 0.0945. The second-order valence-electron chi connectivity index (χ2n) is 7.05. The van der Waals surface area contributed by atoms with Gasteiger partial charge >= 0.3 is 0 Å². The number of hydrogen-bond donors (Lipinski definition) is 1. The quantitative estimate of drug-likeness (QED) is 0.741. The number of carbonyl (C=O) groups is 1. The molecule has 29 heavy (non-hydrogen) atoms. The van der Waals surface area contributed by atoms with Gasteiger partial charge in [-0.3, -0.25) is 4.79 Å². The van der Waals surface area contributed by atoms with Gasteiger partial charge in [-0.25, -0.2) is 9.97 Å². The zero-order chi connectivity index (χ0) is 19.6. The van der Waals surface area contributed by atoms with Gasteiger partial charge in [-0.2, -0.15) is 0 Å². The fourth-order valence-electron chi connectivity index (χ4n) is 3.62. The van der Waals surface area contributed by atoms with E-state index in [0.29, 0.717) is 23.9 Å². The van der Waals surface area contributed by atoms with Gasteiger partial charge in [0, 0.05) is 25.8 Å². The van der Waals surface area contributed by atoms with Gasteiger partial charge in [0.25, 0.3) is 5.91 Å². The Labute approximate surface area is 168 Å². The van der Waals surface area contributed by atoms with E-state index in [2.05, 4.69) is 38.4 Å². The lowest BCUT2D eigenvalue weighted by atomic mass is 10.0. The maximum atomic E-state index is 12.6. The smallest absolute Gasteiger partial charge is 0.270 e. The molecular weight excluding hydrogens is 368 g/mol. The summed E-state index contributed by atoms with van der Waals surface area (Å²) in [6.07, 6.45) is 2.58. The highest BCUT2D eigenvalue weighted by molar-refractivity contribution is 5.92. The first-order chi connectivity index (χ1) is 14.3. The van der Waals surface area contributed by atoms with Crippen molar-refractivity contribution in [1.82, 2.24) is 15.3 Å². The van der Waals surface area contributed by atoms with E-state index in [1.165, 1.54) is 11.1 Å². The molecule has 0 spiro atoms. The molecule has 0 atom stereocenters. The van der Waals surface area contributed by atoms with Gasteiger partial charge in [0.05, 0.1) is 0 Å².